The molecular formula is C13H17NO. The maximum absolute atomic E-state index is 4.94. The predicted octanol–water partition coefficient (Wildman–Crippen LogP) is 3.35. The molecule has 15 heavy (non-hydrogen) atoms. The van der Waals surface area contributed by atoms with Gasteiger partial charge in [-0.3, -0.25) is 0 Å². The highest BCUT2D eigenvalue weighted by Crippen LogP contribution is 2.14. The van der Waals surface area contributed by atoms with Gasteiger partial charge in [-0.15, -0.1) is 0 Å². The highest BCUT2D eigenvalue weighted by molar-refractivity contribution is 5.79. The predicted molar refractivity (Wildman–Crippen MR) is 64.3 cm³/mol. The first-order valence-corrected chi connectivity index (χ1v) is 5.10. The SMILES string of the molecule is C=CCO/N=C/c1cccc(C(C)C)c1. The summed E-state index contributed by atoms with van der Waals surface area (Å²) in [4.78, 5) is 4.94. The summed E-state index contributed by atoms with van der Waals surface area (Å²) in [5.41, 5.74) is 2.37. The fourth-order valence-electron chi connectivity index (χ4n) is 1.19. The van der Waals surface area contributed by atoms with Crippen molar-refractivity contribution in [3.05, 3.63) is 48.0 Å². The van der Waals surface area contributed by atoms with Crippen LogP contribution in [-0.2, 0) is 4.84 Å². The lowest BCUT2D eigenvalue weighted by molar-refractivity contribution is 0.176. The minimum absolute atomic E-state index is 0.445. The van der Waals surface area contributed by atoms with Crippen molar-refractivity contribution in [2.24, 2.45) is 5.16 Å². The van der Waals surface area contributed by atoms with Crippen molar-refractivity contribution in [2.45, 2.75) is 19.8 Å². The fraction of sp³-hybridized carbons (Fsp3) is 0.308. The summed E-state index contributed by atoms with van der Waals surface area (Å²) in [5.74, 6) is 0.535. The molecule has 0 heterocycles. The van der Waals surface area contributed by atoms with Gasteiger partial charge in [0, 0.05) is 0 Å². The Morgan fingerprint density at radius 1 is 1.47 bits per heavy atom. The maximum Gasteiger partial charge on any atom is 0.135 e. The van der Waals surface area contributed by atoms with Gasteiger partial charge in [0.15, 0.2) is 0 Å². The second kappa shape index (κ2) is 6.02. The smallest absolute Gasteiger partial charge is 0.135 e. The Balaban J connectivity index is 2.65. The highest BCUT2D eigenvalue weighted by Gasteiger charge is 1.98. The van der Waals surface area contributed by atoms with Gasteiger partial charge in [0.05, 0.1) is 6.21 Å². The van der Waals surface area contributed by atoms with Gasteiger partial charge in [-0.05, 0) is 23.1 Å². The van der Waals surface area contributed by atoms with Crippen LogP contribution in [0.3, 0.4) is 0 Å². The van der Waals surface area contributed by atoms with Gasteiger partial charge < -0.3 is 4.84 Å². The van der Waals surface area contributed by atoms with Gasteiger partial charge in [0.2, 0.25) is 0 Å². The summed E-state index contributed by atoms with van der Waals surface area (Å²) < 4.78 is 0. The lowest BCUT2D eigenvalue weighted by atomic mass is 10.0. The molecule has 0 saturated carbocycles. The Hall–Kier alpha value is -1.57. The molecule has 0 aliphatic carbocycles. The average Bonchev–Trinajstić information content (AvgIpc) is 2.25. The van der Waals surface area contributed by atoms with Gasteiger partial charge >= 0.3 is 0 Å². The zero-order valence-corrected chi connectivity index (χ0v) is 9.31. The quantitative estimate of drug-likeness (QED) is 0.311. The first kappa shape index (κ1) is 11.5. The van der Waals surface area contributed by atoms with Crippen LogP contribution >= 0.6 is 0 Å². The van der Waals surface area contributed by atoms with Crippen molar-refractivity contribution in [1.82, 2.24) is 0 Å². The van der Waals surface area contributed by atoms with Crippen LogP contribution in [0.15, 0.2) is 42.1 Å². The van der Waals surface area contributed by atoms with Crippen LogP contribution in [0, 0.1) is 0 Å². The molecule has 0 amide bonds. The van der Waals surface area contributed by atoms with Crippen molar-refractivity contribution in [2.75, 3.05) is 6.61 Å². The molecule has 0 atom stereocenters. The van der Waals surface area contributed by atoms with Gasteiger partial charge in [-0.1, -0.05) is 49.9 Å². The number of nitrogens with zero attached hydrogens (tertiary/aromatic N) is 1. The van der Waals surface area contributed by atoms with Gasteiger partial charge in [-0.2, -0.15) is 0 Å². The van der Waals surface area contributed by atoms with Crippen molar-refractivity contribution in [1.29, 1.82) is 0 Å². The molecule has 1 aromatic rings. The molecule has 2 heteroatoms. The number of oxime groups is 1. The molecule has 0 saturated heterocycles. The molecule has 2 nitrogen and oxygen atoms in total. The molecular weight excluding hydrogens is 186 g/mol. The maximum atomic E-state index is 4.94. The normalized spacial score (nSPS) is 10.9. The summed E-state index contributed by atoms with van der Waals surface area (Å²) >= 11 is 0. The Kier molecular flexibility index (Phi) is 4.61. The molecule has 1 aromatic carbocycles. The van der Waals surface area contributed by atoms with E-state index in [2.05, 4.69) is 37.7 Å². The molecule has 0 unspecified atom stereocenters. The van der Waals surface area contributed by atoms with Crippen LogP contribution in [0.4, 0.5) is 0 Å². The molecule has 1 rings (SSSR count). The van der Waals surface area contributed by atoms with E-state index in [0.717, 1.165) is 5.56 Å². The zero-order chi connectivity index (χ0) is 11.1. The third kappa shape index (κ3) is 3.98. The van der Waals surface area contributed by atoms with Crippen molar-refractivity contribution >= 4 is 6.21 Å². The van der Waals surface area contributed by atoms with Gasteiger partial charge in [0.1, 0.15) is 6.61 Å². The van der Waals surface area contributed by atoms with E-state index in [9.17, 15) is 0 Å². The lowest BCUT2D eigenvalue weighted by Crippen LogP contribution is -1.90. The summed E-state index contributed by atoms with van der Waals surface area (Å²) in [5, 5.41) is 3.84. The van der Waals surface area contributed by atoms with E-state index in [1.54, 1.807) is 12.3 Å². The van der Waals surface area contributed by atoms with Gasteiger partial charge in [0.25, 0.3) is 0 Å². The van der Waals surface area contributed by atoms with Crippen LogP contribution < -0.4 is 0 Å². The molecule has 0 aromatic heterocycles. The zero-order valence-electron chi connectivity index (χ0n) is 9.31. The van der Waals surface area contributed by atoms with Crippen LogP contribution in [0.25, 0.3) is 0 Å². The van der Waals surface area contributed by atoms with E-state index in [1.165, 1.54) is 5.56 Å². The third-order valence-electron chi connectivity index (χ3n) is 2.05. The second-order valence-electron chi connectivity index (χ2n) is 3.64. The molecule has 0 aliphatic heterocycles. The Morgan fingerprint density at radius 3 is 2.93 bits per heavy atom. The molecule has 80 valence electrons. The Bertz CT molecular complexity index is 342. The monoisotopic (exact) mass is 203 g/mol. The second-order valence-corrected chi connectivity index (χ2v) is 3.64. The lowest BCUT2D eigenvalue weighted by Gasteiger charge is -2.04. The van der Waals surface area contributed by atoms with Crippen LogP contribution in [-0.4, -0.2) is 12.8 Å². The molecule has 0 bridgehead atoms. The van der Waals surface area contributed by atoms with Crippen LogP contribution in [0.5, 0.6) is 0 Å². The topological polar surface area (TPSA) is 21.6 Å². The summed E-state index contributed by atoms with van der Waals surface area (Å²) in [7, 11) is 0. The Labute approximate surface area is 91.3 Å². The van der Waals surface area contributed by atoms with E-state index in [1.807, 2.05) is 12.1 Å². The highest BCUT2D eigenvalue weighted by atomic mass is 16.6. The van der Waals surface area contributed by atoms with Crippen molar-refractivity contribution in [3.63, 3.8) is 0 Å². The Morgan fingerprint density at radius 2 is 2.27 bits per heavy atom. The first-order valence-electron chi connectivity index (χ1n) is 5.10. The number of hydrogen-bond donors (Lipinski definition) is 0. The minimum atomic E-state index is 0.445. The molecule has 0 fully saturated rings. The van der Waals surface area contributed by atoms with Crippen LogP contribution in [0.2, 0.25) is 0 Å². The fourth-order valence-corrected chi connectivity index (χ4v) is 1.19. The average molecular weight is 203 g/mol. The van der Waals surface area contributed by atoms with Crippen molar-refractivity contribution < 1.29 is 4.84 Å². The van der Waals surface area contributed by atoms with E-state index in [-0.39, 0.29) is 0 Å². The number of benzene rings is 1. The number of rotatable bonds is 5. The largest absolute Gasteiger partial charge is 0.392 e. The summed E-state index contributed by atoms with van der Waals surface area (Å²) in [6.07, 6.45) is 3.39. The summed E-state index contributed by atoms with van der Waals surface area (Å²) in [6.45, 7) is 8.33. The molecule has 0 spiro atoms. The van der Waals surface area contributed by atoms with E-state index >= 15 is 0 Å². The van der Waals surface area contributed by atoms with E-state index in [0.29, 0.717) is 12.5 Å². The van der Waals surface area contributed by atoms with Crippen molar-refractivity contribution in [3.8, 4) is 0 Å². The third-order valence-corrected chi connectivity index (χ3v) is 2.05. The van der Waals surface area contributed by atoms with Crippen LogP contribution in [0.1, 0.15) is 30.9 Å². The van der Waals surface area contributed by atoms with Gasteiger partial charge in [-0.25, -0.2) is 0 Å². The summed E-state index contributed by atoms with van der Waals surface area (Å²) in [6, 6.07) is 8.27. The molecule has 0 radical (unpaired) electrons. The number of hydrogen-bond acceptors (Lipinski definition) is 2. The standard InChI is InChI=1S/C13H17NO/c1-4-8-15-14-10-12-6-5-7-13(9-12)11(2)3/h4-7,9-11H,1,8H2,2-3H3/b14-10+. The molecule has 0 N–H and O–H groups in total. The van der Waals surface area contributed by atoms with E-state index < -0.39 is 0 Å². The molecule has 0 aliphatic rings. The first-order chi connectivity index (χ1) is 7.24. The van der Waals surface area contributed by atoms with E-state index in [4.69, 9.17) is 4.84 Å². The minimum Gasteiger partial charge on any atom is -0.392 e.